The van der Waals surface area contributed by atoms with Crippen molar-refractivity contribution >= 4 is 0 Å². The lowest BCUT2D eigenvalue weighted by atomic mass is 9.97. The molecule has 0 aliphatic heterocycles. The van der Waals surface area contributed by atoms with E-state index in [4.69, 9.17) is 4.74 Å². The van der Waals surface area contributed by atoms with E-state index in [9.17, 15) is 0 Å². The Hall–Kier alpha value is -1.08. The molecule has 0 saturated carbocycles. The zero-order valence-electron chi connectivity index (χ0n) is 11.8. The zero-order chi connectivity index (χ0) is 13.2. The van der Waals surface area contributed by atoms with Crippen molar-refractivity contribution in [1.29, 1.82) is 0 Å². The summed E-state index contributed by atoms with van der Waals surface area (Å²) >= 11 is 0. The summed E-state index contributed by atoms with van der Waals surface area (Å²) in [5.74, 6) is 0.422. The van der Waals surface area contributed by atoms with Gasteiger partial charge in [0.25, 0.3) is 0 Å². The summed E-state index contributed by atoms with van der Waals surface area (Å²) in [6.07, 6.45) is 6.78. The highest BCUT2D eigenvalue weighted by molar-refractivity contribution is 5.14. The van der Waals surface area contributed by atoms with Gasteiger partial charge in [0.1, 0.15) is 0 Å². The largest absolute Gasteiger partial charge is 0.378 e. The fourth-order valence-electron chi connectivity index (χ4n) is 1.98. The first-order valence-corrected chi connectivity index (χ1v) is 7.06. The van der Waals surface area contributed by atoms with Crippen LogP contribution in [0, 0.1) is 5.92 Å². The highest BCUT2D eigenvalue weighted by Crippen LogP contribution is 2.16. The average molecular weight is 246 g/mol. The van der Waals surface area contributed by atoms with Gasteiger partial charge in [0, 0.05) is 6.61 Å². The van der Waals surface area contributed by atoms with Crippen molar-refractivity contribution in [2.24, 2.45) is 5.92 Å². The summed E-state index contributed by atoms with van der Waals surface area (Å²) < 4.78 is 5.99. The maximum atomic E-state index is 5.99. The Labute approximate surface area is 112 Å². The van der Waals surface area contributed by atoms with Crippen LogP contribution in [0.5, 0.6) is 0 Å². The van der Waals surface area contributed by atoms with E-state index in [-0.39, 0.29) is 0 Å². The van der Waals surface area contributed by atoms with Crippen molar-refractivity contribution in [3.05, 3.63) is 48.6 Å². The average Bonchev–Trinajstić information content (AvgIpc) is 2.43. The summed E-state index contributed by atoms with van der Waals surface area (Å²) in [4.78, 5) is 0. The van der Waals surface area contributed by atoms with E-state index >= 15 is 0 Å². The van der Waals surface area contributed by atoms with Crippen molar-refractivity contribution < 1.29 is 4.74 Å². The molecule has 18 heavy (non-hydrogen) atoms. The van der Waals surface area contributed by atoms with Crippen LogP contribution in [0.3, 0.4) is 0 Å². The van der Waals surface area contributed by atoms with Gasteiger partial charge in [-0.1, -0.05) is 56.7 Å². The van der Waals surface area contributed by atoms with Gasteiger partial charge in [-0.3, -0.25) is 0 Å². The summed E-state index contributed by atoms with van der Waals surface area (Å²) in [7, 11) is 0. The molecule has 1 heteroatoms. The lowest BCUT2D eigenvalue weighted by Crippen LogP contribution is -2.22. The highest BCUT2D eigenvalue weighted by Gasteiger charge is 2.14. The van der Waals surface area contributed by atoms with Crippen LogP contribution < -0.4 is 0 Å². The third-order valence-electron chi connectivity index (χ3n) is 3.35. The third-order valence-corrected chi connectivity index (χ3v) is 3.35. The van der Waals surface area contributed by atoms with E-state index < -0.39 is 0 Å². The molecule has 0 saturated heterocycles. The molecule has 0 unspecified atom stereocenters. The number of benzene rings is 1. The number of unbranched alkanes of at least 4 members (excludes halogenated alkanes) is 1. The smallest absolute Gasteiger partial charge is 0.0638 e. The zero-order valence-corrected chi connectivity index (χ0v) is 11.8. The van der Waals surface area contributed by atoms with E-state index in [1.807, 2.05) is 6.08 Å². The minimum Gasteiger partial charge on any atom is -0.378 e. The van der Waals surface area contributed by atoms with Gasteiger partial charge in [0.2, 0.25) is 0 Å². The predicted octanol–water partition coefficient (Wildman–Crippen LogP) is 4.63. The number of hydrogen-bond acceptors (Lipinski definition) is 1. The molecule has 0 N–H and O–H groups in total. The van der Waals surface area contributed by atoms with Gasteiger partial charge in [-0.25, -0.2) is 0 Å². The number of ether oxygens (including phenoxy) is 1. The topological polar surface area (TPSA) is 9.23 Å². The molecule has 100 valence electrons. The molecule has 0 aliphatic carbocycles. The van der Waals surface area contributed by atoms with Gasteiger partial charge >= 0.3 is 0 Å². The first kappa shape index (κ1) is 15.0. The lowest BCUT2D eigenvalue weighted by molar-refractivity contribution is 0.0230. The molecule has 0 radical (unpaired) electrons. The normalized spacial score (nSPS) is 14.1. The van der Waals surface area contributed by atoms with Gasteiger partial charge in [0.15, 0.2) is 0 Å². The fraction of sp³-hybridized carbons (Fsp3) is 0.529. The van der Waals surface area contributed by atoms with Crippen LogP contribution in [-0.2, 0) is 11.2 Å². The molecular formula is C17H26O. The maximum absolute atomic E-state index is 5.99. The second-order valence-electron chi connectivity index (χ2n) is 4.88. The van der Waals surface area contributed by atoms with Gasteiger partial charge < -0.3 is 4.74 Å². The van der Waals surface area contributed by atoms with Gasteiger partial charge in [-0.2, -0.15) is 0 Å². The van der Waals surface area contributed by atoms with Gasteiger partial charge in [-0.15, -0.1) is 6.58 Å². The number of hydrogen-bond donors (Lipinski definition) is 0. The van der Waals surface area contributed by atoms with Crippen molar-refractivity contribution in [2.45, 2.75) is 45.6 Å². The molecule has 1 rings (SSSR count). The maximum Gasteiger partial charge on any atom is 0.0638 e. The summed E-state index contributed by atoms with van der Waals surface area (Å²) in [5.41, 5.74) is 1.39. The Morgan fingerprint density at radius 3 is 2.61 bits per heavy atom. The predicted molar refractivity (Wildman–Crippen MR) is 78.8 cm³/mol. The van der Waals surface area contributed by atoms with Crippen LogP contribution in [-0.4, -0.2) is 12.7 Å². The molecule has 0 aliphatic rings. The van der Waals surface area contributed by atoms with Crippen LogP contribution in [0.4, 0.5) is 0 Å². The molecule has 0 spiro atoms. The van der Waals surface area contributed by atoms with Crippen LogP contribution in [0.25, 0.3) is 0 Å². The second-order valence-corrected chi connectivity index (χ2v) is 4.88. The van der Waals surface area contributed by atoms with Crippen LogP contribution in [0.2, 0.25) is 0 Å². The second kappa shape index (κ2) is 8.93. The first-order valence-electron chi connectivity index (χ1n) is 7.06. The van der Waals surface area contributed by atoms with E-state index in [0.29, 0.717) is 12.0 Å². The summed E-state index contributed by atoms with van der Waals surface area (Å²) in [6.45, 7) is 9.14. The molecule has 1 aromatic rings. The van der Waals surface area contributed by atoms with Crippen LogP contribution >= 0.6 is 0 Å². The molecule has 2 atom stereocenters. The molecule has 0 amide bonds. The van der Waals surface area contributed by atoms with E-state index in [1.165, 1.54) is 12.0 Å². The number of aryl methyl sites for hydroxylation is 1. The summed E-state index contributed by atoms with van der Waals surface area (Å²) in [6, 6.07) is 10.6. The molecular weight excluding hydrogens is 220 g/mol. The van der Waals surface area contributed by atoms with E-state index in [0.717, 1.165) is 25.9 Å². The minimum atomic E-state index is 0.300. The molecule has 0 fully saturated rings. The summed E-state index contributed by atoms with van der Waals surface area (Å²) in [5, 5.41) is 0. The van der Waals surface area contributed by atoms with Crippen molar-refractivity contribution in [3.8, 4) is 0 Å². The van der Waals surface area contributed by atoms with Crippen LogP contribution in [0.15, 0.2) is 43.0 Å². The van der Waals surface area contributed by atoms with E-state index in [2.05, 4.69) is 50.8 Å². The highest BCUT2D eigenvalue weighted by atomic mass is 16.5. The standard InChI is InChI=1S/C17H26O/c1-4-6-14-18-17(15(3)5-2)13-12-16-10-8-7-9-11-16/h5,7-11,15,17H,2,4,6,12-14H2,1,3H3/t15-,17+/m1/s1. The Balaban J connectivity index is 2.42. The monoisotopic (exact) mass is 246 g/mol. The molecule has 0 bridgehead atoms. The Morgan fingerprint density at radius 2 is 2.00 bits per heavy atom. The Morgan fingerprint density at radius 1 is 1.28 bits per heavy atom. The fourth-order valence-corrected chi connectivity index (χ4v) is 1.98. The van der Waals surface area contributed by atoms with Crippen molar-refractivity contribution in [1.82, 2.24) is 0 Å². The molecule has 0 heterocycles. The third kappa shape index (κ3) is 5.50. The van der Waals surface area contributed by atoms with Crippen molar-refractivity contribution in [2.75, 3.05) is 6.61 Å². The first-order chi connectivity index (χ1) is 8.77. The number of rotatable bonds is 9. The van der Waals surface area contributed by atoms with Gasteiger partial charge in [0.05, 0.1) is 6.10 Å². The SMILES string of the molecule is C=C[C@@H](C)[C@H](CCc1ccccc1)OCCCC. The van der Waals surface area contributed by atoms with E-state index in [1.54, 1.807) is 0 Å². The van der Waals surface area contributed by atoms with Gasteiger partial charge in [-0.05, 0) is 30.7 Å². The van der Waals surface area contributed by atoms with Crippen molar-refractivity contribution in [3.63, 3.8) is 0 Å². The molecule has 1 nitrogen and oxygen atoms in total. The molecule has 0 aromatic heterocycles. The minimum absolute atomic E-state index is 0.300. The van der Waals surface area contributed by atoms with Crippen LogP contribution in [0.1, 0.15) is 38.7 Å². The molecule has 1 aromatic carbocycles. The quantitative estimate of drug-likeness (QED) is 0.456. The Bertz CT molecular complexity index is 318. The lowest BCUT2D eigenvalue weighted by Gasteiger charge is -2.22. The Kier molecular flexibility index (Phi) is 7.43.